The summed E-state index contributed by atoms with van der Waals surface area (Å²) >= 11 is 0. The summed E-state index contributed by atoms with van der Waals surface area (Å²) in [4.78, 5) is 4.86. The summed E-state index contributed by atoms with van der Waals surface area (Å²) in [7, 11) is 0. The fourth-order valence-electron chi connectivity index (χ4n) is 9.40. The van der Waals surface area contributed by atoms with Crippen molar-refractivity contribution in [3.05, 3.63) is 194 Å². The zero-order chi connectivity index (χ0) is 36.0. The van der Waals surface area contributed by atoms with Crippen LogP contribution in [0, 0.1) is 0 Å². The van der Waals surface area contributed by atoms with Crippen LogP contribution in [0.4, 0.5) is 34.1 Å². The number of furan rings is 1. The van der Waals surface area contributed by atoms with E-state index in [1.807, 2.05) is 0 Å². The average Bonchev–Trinajstić information content (AvgIpc) is 3.81. The van der Waals surface area contributed by atoms with Crippen molar-refractivity contribution in [1.29, 1.82) is 0 Å². The lowest BCUT2D eigenvalue weighted by atomic mass is 9.47. The SMILES string of the molecule is c1ccc(-c2ccccc2N(c2ccccc2)c2cccc3c2c2cccc4c2n3B2c3oc5ccccc5c3N(c3ccccc3)c3cccc-4c32)cc1. The van der Waals surface area contributed by atoms with E-state index in [-0.39, 0.29) is 6.85 Å². The smallest absolute Gasteiger partial charge is 0.375 e. The van der Waals surface area contributed by atoms with E-state index in [0.717, 1.165) is 45.1 Å². The molecule has 0 amide bonds. The van der Waals surface area contributed by atoms with E-state index < -0.39 is 0 Å². The summed E-state index contributed by atoms with van der Waals surface area (Å²) < 4.78 is 9.64. The summed E-state index contributed by atoms with van der Waals surface area (Å²) in [6.07, 6.45) is 0. The van der Waals surface area contributed by atoms with Crippen molar-refractivity contribution in [2.45, 2.75) is 0 Å². The van der Waals surface area contributed by atoms with Gasteiger partial charge in [0.05, 0.1) is 17.1 Å². The van der Waals surface area contributed by atoms with Crippen molar-refractivity contribution in [1.82, 2.24) is 4.48 Å². The fourth-order valence-corrected chi connectivity index (χ4v) is 9.40. The Morgan fingerprint density at radius 2 is 1.13 bits per heavy atom. The van der Waals surface area contributed by atoms with E-state index in [1.165, 1.54) is 55.2 Å². The fraction of sp³-hybridized carbons (Fsp3) is 0. The van der Waals surface area contributed by atoms with Gasteiger partial charge in [0.2, 0.25) is 0 Å². The number of nitrogens with zero attached hydrogens (tertiary/aromatic N) is 3. The van der Waals surface area contributed by atoms with E-state index in [4.69, 9.17) is 4.42 Å². The molecule has 0 saturated carbocycles. The second-order valence-electron chi connectivity index (χ2n) is 14.4. The summed E-state index contributed by atoms with van der Waals surface area (Å²) in [5, 5.41) is 3.54. The van der Waals surface area contributed by atoms with Crippen LogP contribution in [0.5, 0.6) is 0 Å². The largest absolute Gasteiger partial charge is 0.466 e. The van der Waals surface area contributed by atoms with Gasteiger partial charge in [-0.3, -0.25) is 0 Å². The molecule has 5 heteroatoms. The number of para-hydroxylation sites is 5. The molecule has 4 heterocycles. The highest BCUT2D eigenvalue weighted by atomic mass is 16.3. The number of benzene rings is 8. The Labute approximate surface area is 318 Å². The third-order valence-corrected chi connectivity index (χ3v) is 11.5. The van der Waals surface area contributed by atoms with Crippen LogP contribution >= 0.6 is 0 Å². The Morgan fingerprint density at radius 1 is 0.491 bits per heavy atom. The molecule has 2 aliphatic rings. The number of anilines is 6. The van der Waals surface area contributed by atoms with Crippen LogP contribution in [0.1, 0.15) is 0 Å². The summed E-state index contributed by atoms with van der Waals surface area (Å²) in [5.74, 6) is 0. The lowest BCUT2D eigenvalue weighted by molar-refractivity contribution is 0.649. The molecule has 55 heavy (non-hydrogen) atoms. The van der Waals surface area contributed by atoms with Crippen LogP contribution in [-0.2, 0) is 0 Å². The Balaban J connectivity index is 1.19. The number of fused-ring (bicyclic) bond motifs is 9. The minimum absolute atomic E-state index is 0.180. The predicted molar refractivity (Wildman–Crippen MR) is 230 cm³/mol. The molecule has 0 N–H and O–H groups in total. The first-order chi connectivity index (χ1) is 27.3. The van der Waals surface area contributed by atoms with Gasteiger partial charge >= 0.3 is 6.85 Å². The number of hydrogen-bond acceptors (Lipinski definition) is 3. The maximum atomic E-state index is 7.06. The lowest BCUT2D eigenvalue weighted by Gasteiger charge is -2.38. The molecule has 256 valence electrons. The van der Waals surface area contributed by atoms with Crippen LogP contribution in [0.2, 0.25) is 0 Å². The zero-order valence-corrected chi connectivity index (χ0v) is 29.8. The summed E-state index contributed by atoms with van der Waals surface area (Å²) in [6, 6.07) is 69.9. The molecule has 8 aromatic carbocycles. The van der Waals surface area contributed by atoms with Gasteiger partial charge in [0, 0.05) is 55.4 Å². The molecule has 0 spiro atoms. The first-order valence-corrected chi connectivity index (χ1v) is 18.9. The van der Waals surface area contributed by atoms with E-state index in [2.05, 4.69) is 208 Å². The van der Waals surface area contributed by atoms with E-state index >= 15 is 0 Å². The van der Waals surface area contributed by atoms with Gasteiger partial charge in [-0.2, -0.15) is 0 Å². The van der Waals surface area contributed by atoms with Crippen LogP contribution in [0.15, 0.2) is 199 Å². The highest BCUT2D eigenvalue weighted by Crippen LogP contribution is 2.50. The van der Waals surface area contributed by atoms with Crippen molar-refractivity contribution >= 4 is 84.9 Å². The molecule has 0 saturated heterocycles. The van der Waals surface area contributed by atoms with Crippen LogP contribution < -0.4 is 20.9 Å². The van der Waals surface area contributed by atoms with Gasteiger partial charge in [-0.15, -0.1) is 0 Å². The maximum absolute atomic E-state index is 7.06. The molecule has 0 atom stereocenters. The zero-order valence-electron chi connectivity index (χ0n) is 29.8. The molecule has 0 unspecified atom stereocenters. The minimum atomic E-state index is -0.180. The molecule has 4 nitrogen and oxygen atoms in total. The van der Waals surface area contributed by atoms with Crippen molar-refractivity contribution in [2.24, 2.45) is 0 Å². The monoisotopic (exact) mass is 701 g/mol. The average molecular weight is 702 g/mol. The standard InChI is InChI=1S/C50H32BN3O/c1-4-17-33(18-5-1)36-23-10-12-28-41(36)52(34-19-6-2-7-20-34)42-29-16-30-43-46(42)40-27-14-26-38-37-25-15-31-44-47(37)51(54(43)48(38)40)50-49(39-24-11-13-32-45(39)55-50)53(44)35-21-8-3-9-22-35/h1-32H. The van der Waals surface area contributed by atoms with Gasteiger partial charge in [-0.1, -0.05) is 133 Å². The minimum Gasteiger partial charge on any atom is -0.466 e. The number of rotatable bonds is 5. The first kappa shape index (κ1) is 30.2. The van der Waals surface area contributed by atoms with Crippen molar-refractivity contribution in [2.75, 3.05) is 9.80 Å². The van der Waals surface area contributed by atoms with Crippen molar-refractivity contribution < 1.29 is 4.42 Å². The van der Waals surface area contributed by atoms with Gasteiger partial charge in [0.1, 0.15) is 11.2 Å². The lowest BCUT2D eigenvalue weighted by Crippen LogP contribution is -2.56. The maximum Gasteiger partial charge on any atom is 0.375 e. The van der Waals surface area contributed by atoms with Gasteiger partial charge in [-0.25, -0.2) is 0 Å². The van der Waals surface area contributed by atoms with Crippen LogP contribution in [-0.4, -0.2) is 11.3 Å². The Kier molecular flexibility index (Phi) is 6.40. The van der Waals surface area contributed by atoms with Crippen molar-refractivity contribution in [3.63, 3.8) is 0 Å². The molecule has 12 rings (SSSR count). The Bertz CT molecular complexity index is 3110. The second kappa shape index (κ2) is 11.6. The van der Waals surface area contributed by atoms with Gasteiger partial charge in [-0.05, 0) is 77.3 Å². The third kappa shape index (κ3) is 4.23. The molecule has 2 aromatic heterocycles. The first-order valence-electron chi connectivity index (χ1n) is 18.9. The molecule has 2 aliphatic heterocycles. The third-order valence-electron chi connectivity index (χ3n) is 11.5. The quantitative estimate of drug-likeness (QED) is 0.167. The van der Waals surface area contributed by atoms with Gasteiger partial charge in [0.15, 0.2) is 0 Å². The molecule has 0 radical (unpaired) electrons. The Morgan fingerprint density at radius 3 is 1.98 bits per heavy atom. The van der Waals surface area contributed by atoms with Gasteiger partial charge in [0.25, 0.3) is 0 Å². The summed E-state index contributed by atoms with van der Waals surface area (Å²) in [5.41, 5.74) is 17.1. The molecular formula is C50H32BN3O. The second-order valence-corrected chi connectivity index (χ2v) is 14.4. The van der Waals surface area contributed by atoms with Crippen molar-refractivity contribution in [3.8, 4) is 22.3 Å². The molecule has 0 fully saturated rings. The highest BCUT2D eigenvalue weighted by Gasteiger charge is 2.46. The van der Waals surface area contributed by atoms with E-state index in [0.29, 0.717) is 0 Å². The normalized spacial score (nSPS) is 12.7. The number of hydrogen-bond donors (Lipinski definition) is 0. The summed E-state index contributed by atoms with van der Waals surface area (Å²) in [6.45, 7) is -0.180. The molecule has 0 bridgehead atoms. The highest BCUT2D eigenvalue weighted by molar-refractivity contribution is 6.89. The molecular weight excluding hydrogens is 669 g/mol. The van der Waals surface area contributed by atoms with Crippen LogP contribution in [0.3, 0.4) is 0 Å². The van der Waals surface area contributed by atoms with Crippen LogP contribution in [0.25, 0.3) is 55.0 Å². The van der Waals surface area contributed by atoms with E-state index in [9.17, 15) is 0 Å². The predicted octanol–water partition coefficient (Wildman–Crippen LogP) is 12.1. The molecule has 10 aromatic rings. The van der Waals surface area contributed by atoms with E-state index in [1.54, 1.807) is 0 Å². The number of aromatic nitrogens is 1. The Hall–Kier alpha value is -7.24. The van der Waals surface area contributed by atoms with Gasteiger partial charge < -0.3 is 18.7 Å². The topological polar surface area (TPSA) is 24.6 Å². The molecule has 0 aliphatic carbocycles.